The third-order valence-electron chi connectivity index (χ3n) is 5.49. The van der Waals surface area contributed by atoms with Crippen LogP contribution in [0, 0.1) is 12.8 Å². The van der Waals surface area contributed by atoms with Gasteiger partial charge in [0.15, 0.2) is 6.29 Å². The number of aliphatic hydroxyl groups is 1. The zero-order valence-corrected chi connectivity index (χ0v) is 23.3. The Labute approximate surface area is 216 Å². The number of ether oxygens (including phenoxy) is 3. The molecule has 11 heteroatoms. The lowest BCUT2D eigenvalue weighted by Gasteiger charge is -2.23. The number of amides is 1. The van der Waals surface area contributed by atoms with Crippen molar-refractivity contribution in [3.63, 3.8) is 0 Å². The molecule has 2 aliphatic heterocycles. The van der Waals surface area contributed by atoms with Crippen molar-refractivity contribution in [1.29, 1.82) is 0 Å². The Morgan fingerprint density at radius 1 is 1.17 bits per heavy atom. The maximum absolute atomic E-state index is 11.4. The first-order chi connectivity index (χ1) is 17.1. The number of carbonyl (C=O) groups is 2. The van der Waals surface area contributed by atoms with E-state index in [1.807, 2.05) is 45.0 Å². The third-order valence-corrected chi connectivity index (χ3v) is 6.76. The number of benzene rings is 1. The largest absolute Gasteiger partial charge is 0.400 e. The van der Waals surface area contributed by atoms with Crippen molar-refractivity contribution in [2.45, 2.75) is 51.9 Å². The van der Waals surface area contributed by atoms with Gasteiger partial charge in [0.1, 0.15) is 11.9 Å². The van der Waals surface area contributed by atoms with Crippen molar-refractivity contribution in [1.82, 2.24) is 9.62 Å². The third kappa shape index (κ3) is 12.9. The molecule has 208 valence electrons. The number of sulfonamides is 1. The van der Waals surface area contributed by atoms with Crippen LogP contribution in [0.3, 0.4) is 0 Å². The van der Waals surface area contributed by atoms with Crippen molar-refractivity contribution in [2.75, 3.05) is 53.3 Å². The SMILES string of the molecule is CC(C)CN(CCCNC=O)S(C)(=O)=O.CO.COC12CCOC1OCC2.Cc1ccc(C=O)cc1. The fraction of sp³-hybridized carbons (Fsp3) is 0.680. The van der Waals surface area contributed by atoms with Gasteiger partial charge in [0, 0.05) is 52.3 Å². The standard InChI is InChI=1S/C9H20N2O3S.C8H8O.C7H12O3.CH4O/c1-9(2)7-11(15(3,13)14)6-4-5-10-8-12;1-7-2-4-8(6-9)5-3-7;1-8-7-2-4-9-6(7)10-5-3-7;1-2/h8-9H,4-7H2,1-3H3,(H,10,12);2-6H,1H3;6H,2-5H2,1H3;2H,1H3. The van der Waals surface area contributed by atoms with Crippen LogP contribution in [0.5, 0.6) is 0 Å². The van der Waals surface area contributed by atoms with Crippen LogP contribution in [0.2, 0.25) is 0 Å². The molecule has 0 radical (unpaired) electrons. The van der Waals surface area contributed by atoms with Crippen LogP contribution >= 0.6 is 0 Å². The molecule has 2 saturated heterocycles. The molecule has 1 aromatic carbocycles. The Kier molecular flexibility index (Phi) is 17.4. The van der Waals surface area contributed by atoms with E-state index in [1.165, 1.54) is 16.1 Å². The maximum Gasteiger partial charge on any atom is 0.211 e. The van der Waals surface area contributed by atoms with Crippen LogP contribution < -0.4 is 5.32 Å². The number of fused-ring (bicyclic) bond motifs is 1. The van der Waals surface area contributed by atoms with E-state index in [4.69, 9.17) is 19.3 Å². The van der Waals surface area contributed by atoms with Crippen molar-refractivity contribution in [3.05, 3.63) is 35.4 Å². The highest BCUT2D eigenvalue weighted by Crippen LogP contribution is 2.37. The zero-order chi connectivity index (χ0) is 27.6. The molecule has 3 rings (SSSR count). The highest BCUT2D eigenvalue weighted by Gasteiger charge is 2.49. The van der Waals surface area contributed by atoms with Crippen molar-refractivity contribution in [3.8, 4) is 0 Å². The fourth-order valence-electron chi connectivity index (χ4n) is 3.55. The van der Waals surface area contributed by atoms with Gasteiger partial charge in [0.25, 0.3) is 0 Å². The number of aliphatic hydroxyl groups excluding tert-OH is 1. The van der Waals surface area contributed by atoms with Crippen LogP contribution in [0.4, 0.5) is 0 Å². The van der Waals surface area contributed by atoms with Gasteiger partial charge in [-0.3, -0.25) is 9.59 Å². The molecule has 0 unspecified atom stereocenters. The molecule has 10 nitrogen and oxygen atoms in total. The number of hydrogen-bond donors (Lipinski definition) is 2. The van der Waals surface area contributed by atoms with E-state index in [0.29, 0.717) is 38.4 Å². The molecule has 2 N–H and O–H groups in total. The molecule has 1 aromatic rings. The van der Waals surface area contributed by atoms with Gasteiger partial charge in [-0.15, -0.1) is 0 Å². The lowest BCUT2D eigenvalue weighted by atomic mass is 10.0. The molecule has 0 bridgehead atoms. The lowest BCUT2D eigenvalue weighted by molar-refractivity contribution is -0.149. The normalized spacial score (nSPS) is 20.2. The summed E-state index contributed by atoms with van der Waals surface area (Å²) in [6, 6.07) is 7.46. The van der Waals surface area contributed by atoms with Gasteiger partial charge in [-0.1, -0.05) is 43.7 Å². The maximum atomic E-state index is 11.4. The van der Waals surface area contributed by atoms with E-state index in [9.17, 15) is 18.0 Å². The Morgan fingerprint density at radius 2 is 1.72 bits per heavy atom. The fourth-order valence-corrected chi connectivity index (χ4v) is 4.58. The quantitative estimate of drug-likeness (QED) is 0.346. The number of nitrogens with zero attached hydrogens (tertiary/aromatic N) is 1. The second kappa shape index (κ2) is 18.4. The molecule has 36 heavy (non-hydrogen) atoms. The summed E-state index contributed by atoms with van der Waals surface area (Å²) in [6.07, 6.45) is 5.19. The summed E-state index contributed by atoms with van der Waals surface area (Å²) < 4.78 is 40.2. The van der Waals surface area contributed by atoms with Gasteiger partial charge >= 0.3 is 0 Å². The average Bonchev–Trinajstić information content (AvgIpc) is 3.44. The van der Waals surface area contributed by atoms with Gasteiger partial charge in [-0.25, -0.2) is 12.7 Å². The molecule has 1 amide bonds. The molecule has 2 aliphatic rings. The number of nitrogens with one attached hydrogen (secondary N) is 1. The summed E-state index contributed by atoms with van der Waals surface area (Å²) in [5, 5.41) is 9.51. The minimum absolute atomic E-state index is 0.0856. The molecule has 0 aromatic heterocycles. The molecule has 0 aliphatic carbocycles. The minimum atomic E-state index is -3.13. The summed E-state index contributed by atoms with van der Waals surface area (Å²) in [5.74, 6) is 0.304. The molecule has 0 atom stereocenters. The number of aryl methyl sites for hydroxylation is 1. The first kappa shape index (κ1) is 34.1. The van der Waals surface area contributed by atoms with E-state index in [0.717, 1.165) is 45.0 Å². The monoisotopic (exact) mass is 532 g/mol. The minimum Gasteiger partial charge on any atom is -0.400 e. The van der Waals surface area contributed by atoms with Crippen molar-refractivity contribution in [2.24, 2.45) is 5.92 Å². The molecule has 0 saturated carbocycles. The van der Waals surface area contributed by atoms with Crippen LogP contribution in [0.1, 0.15) is 49.0 Å². The van der Waals surface area contributed by atoms with Crippen LogP contribution in [0.15, 0.2) is 24.3 Å². The predicted octanol–water partition coefficient (Wildman–Crippen LogP) is 1.99. The van der Waals surface area contributed by atoms with E-state index < -0.39 is 10.0 Å². The second-order valence-corrected chi connectivity index (χ2v) is 10.8. The number of hydrogen-bond acceptors (Lipinski definition) is 8. The van der Waals surface area contributed by atoms with Gasteiger partial charge in [-0.2, -0.15) is 0 Å². The lowest BCUT2D eigenvalue weighted by Crippen LogP contribution is -2.35. The second-order valence-electron chi connectivity index (χ2n) is 8.81. The van der Waals surface area contributed by atoms with Gasteiger partial charge < -0.3 is 24.6 Å². The Hall–Kier alpha value is -1.89. The average molecular weight is 533 g/mol. The summed E-state index contributed by atoms with van der Waals surface area (Å²) in [5.41, 5.74) is 1.82. The predicted molar refractivity (Wildman–Crippen MR) is 139 cm³/mol. The van der Waals surface area contributed by atoms with Gasteiger partial charge in [0.05, 0.1) is 19.5 Å². The molecule has 2 fully saturated rings. The first-order valence-electron chi connectivity index (χ1n) is 11.9. The van der Waals surface area contributed by atoms with E-state index in [2.05, 4.69) is 5.32 Å². The van der Waals surface area contributed by atoms with Gasteiger partial charge in [-0.05, 0) is 19.3 Å². The summed E-state index contributed by atoms with van der Waals surface area (Å²) in [4.78, 5) is 20.1. The molecule has 0 spiro atoms. The van der Waals surface area contributed by atoms with E-state index >= 15 is 0 Å². The Bertz CT molecular complexity index is 821. The zero-order valence-electron chi connectivity index (χ0n) is 22.4. The first-order valence-corrected chi connectivity index (χ1v) is 13.8. The Balaban J connectivity index is 0.000000508. The van der Waals surface area contributed by atoms with E-state index in [1.54, 1.807) is 7.11 Å². The molecule has 2 heterocycles. The summed E-state index contributed by atoms with van der Waals surface area (Å²) >= 11 is 0. The van der Waals surface area contributed by atoms with Crippen LogP contribution in [-0.4, -0.2) is 95.7 Å². The van der Waals surface area contributed by atoms with Gasteiger partial charge in [0.2, 0.25) is 16.4 Å². The topological polar surface area (TPSA) is 131 Å². The van der Waals surface area contributed by atoms with Crippen molar-refractivity contribution >= 4 is 22.7 Å². The summed E-state index contributed by atoms with van der Waals surface area (Å²) in [7, 11) is -0.397. The number of methoxy groups -OCH3 is 1. The highest BCUT2D eigenvalue weighted by molar-refractivity contribution is 7.88. The number of rotatable bonds is 10. The van der Waals surface area contributed by atoms with Crippen molar-refractivity contribution < 1.29 is 37.3 Å². The van der Waals surface area contributed by atoms with E-state index in [-0.39, 0.29) is 11.9 Å². The smallest absolute Gasteiger partial charge is 0.211 e. The molecular formula is C25H44N2O8S. The van der Waals surface area contributed by atoms with Crippen LogP contribution in [-0.2, 0) is 29.0 Å². The highest BCUT2D eigenvalue weighted by atomic mass is 32.2. The Morgan fingerprint density at radius 3 is 2.11 bits per heavy atom. The number of aldehydes is 1. The number of carbonyl (C=O) groups excluding carboxylic acids is 2. The molecular weight excluding hydrogens is 488 g/mol. The summed E-state index contributed by atoms with van der Waals surface area (Å²) in [6.45, 7) is 8.99. The van der Waals surface area contributed by atoms with Crippen LogP contribution in [0.25, 0.3) is 0 Å².